The minimum Gasteiger partial charge on any atom is -0.480 e. The fourth-order valence-corrected chi connectivity index (χ4v) is 0.806. The maximum atomic E-state index is 11.1. The summed E-state index contributed by atoms with van der Waals surface area (Å²) in [6.45, 7) is 5.22. The van der Waals surface area contributed by atoms with E-state index in [1.165, 1.54) is 7.11 Å². The molecule has 5 nitrogen and oxygen atoms in total. The number of hydrogen-bond donors (Lipinski definition) is 2. The van der Waals surface area contributed by atoms with Crippen molar-refractivity contribution in [2.75, 3.05) is 7.11 Å². The smallest absolute Gasteiger partial charge is 0.407 e. The summed E-state index contributed by atoms with van der Waals surface area (Å²) in [5.41, 5.74) is -0.535. The van der Waals surface area contributed by atoms with Crippen LogP contribution in [0.25, 0.3) is 1.43 Å². The molecule has 0 aromatic heterocycles. The van der Waals surface area contributed by atoms with E-state index in [2.05, 4.69) is 15.2 Å². The van der Waals surface area contributed by atoms with Crippen molar-refractivity contribution in [3.8, 4) is 0 Å². The highest BCUT2D eigenvalue weighted by Gasteiger charge is 2.32. The van der Waals surface area contributed by atoms with Gasteiger partial charge < -0.3 is 15.2 Å². The second kappa shape index (κ2) is 4.11. The summed E-state index contributed by atoms with van der Waals surface area (Å²) in [5.74, 6) is -0.817. The van der Waals surface area contributed by atoms with Crippen LogP contribution in [0.1, 0.15) is 20.8 Å². The highest BCUT2D eigenvalue weighted by Crippen LogP contribution is 2.19. The Morgan fingerprint density at radius 2 is 2.08 bits per heavy atom. The second-order valence-electron chi connectivity index (χ2n) is 3.75. The molecule has 0 saturated heterocycles. The van der Waals surface area contributed by atoms with Gasteiger partial charge in [0.2, 0.25) is 0 Å². The number of methoxy groups -OCH3 is 1. The van der Waals surface area contributed by atoms with E-state index in [0.717, 1.165) is 0 Å². The predicted octanol–water partition coefficient (Wildman–Crippen LogP) is 0.842. The predicted molar refractivity (Wildman–Crippen MR) is 46.4 cm³/mol. The third-order valence-corrected chi connectivity index (χ3v) is 1.55. The van der Waals surface area contributed by atoms with E-state index < -0.39 is 23.5 Å². The normalized spacial score (nSPS) is 14.0. The van der Waals surface area contributed by atoms with Crippen molar-refractivity contribution < 1.29 is 19.4 Å². The van der Waals surface area contributed by atoms with Gasteiger partial charge in [-0.15, -0.1) is 0 Å². The van der Waals surface area contributed by atoms with Crippen LogP contribution in [-0.2, 0) is 9.53 Å². The molecule has 1 unspecified atom stereocenters. The zero-order chi connectivity index (χ0) is 11.4. The summed E-state index contributed by atoms with van der Waals surface area (Å²) >= 11 is 0. The van der Waals surface area contributed by atoms with Gasteiger partial charge in [-0.05, 0) is 5.41 Å². The molecule has 1 amide bonds. The lowest BCUT2D eigenvalue weighted by Crippen LogP contribution is -2.49. The number of rotatable bonds is 2. The molecule has 0 aromatic rings. The van der Waals surface area contributed by atoms with Crippen LogP contribution in [0, 0.1) is 5.41 Å². The van der Waals surface area contributed by atoms with E-state index in [1.54, 1.807) is 20.8 Å². The third kappa shape index (κ3) is 3.78. The lowest BCUT2D eigenvalue weighted by Gasteiger charge is -2.26. The van der Waals surface area contributed by atoms with Crippen molar-refractivity contribution in [3.63, 3.8) is 0 Å². The van der Waals surface area contributed by atoms with Crippen molar-refractivity contribution in [1.82, 2.24) is 5.32 Å². The van der Waals surface area contributed by atoms with E-state index in [4.69, 9.17) is 1.43 Å². The SMILES string of the molecule is [2H]OC(=O)C(NC(=O)OC)C(C)(C)C. The Labute approximate surface area is 78.6 Å². The molecule has 1 atom stereocenters. The summed E-state index contributed by atoms with van der Waals surface area (Å²) in [4.78, 5) is 22.0. The zero-order valence-corrected chi connectivity index (χ0v) is 8.21. The minimum absolute atomic E-state index is 0.535. The summed E-state index contributed by atoms with van der Waals surface area (Å²) in [7, 11) is 1.20. The lowest BCUT2D eigenvalue weighted by atomic mass is 9.87. The molecular weight excluding hydrogens is 174 g/mol. The van der Waals surface area contributed by atoms with Crippen LogP contribution in [0.5, 0.6) is 0 Å². The quantitative estimate of drug-likeness (QED) is 0.676. The molecule has 0 aliphatic carbocycles. The number of carbonyl (C=O) groups excluding carboxylic acids is 1. The minimum atomic E-state index is -0.896. The average Bonchev–Trinajstić information content (AvgIpc) is 2.10. The van der Waals surface area contributed by atoms with E-state index >= 15 is 0 Å². The van der Waals surface area contributed by atoms with E-state index in [0.29, 0.717) is 0 Å². The number of carbonyl (C=O) groups is 2. The molecule has 0 aliphatic heterocycles. The van der Waals surface area contributed by atoms with E-state index in [9.17, 15) is 9.59 Å². The van der Waals surface area contributed by atoms with Crippen molar-refractivity contribution >= 4 is 12.1 Å². The van der Waals surface area contributed by atoms with Crippen LogP contribution in [0.15, 0.2) is 0 Å². The van der Waals surface area contributed by atoms with Gasteiger partial charge in [0.15, 0.2) is 0 Å². The molecule has 0 fully saturated rings. The fraction of sp³-hybridized carbons (Fsp3) is 0.750. The summed E-state index contributed by atoms with van der Waals surface area (Å²) in [6, 6.07) is -0.896. The van der Waals surface area contributed by atoms with Crippen molar-refractivity contribution in [1.29, 1.82) is 1.43 Å². The van der Waals surface area contributed by atoms with Crippen LogP contribution in [0.3, 0.4) is 0 Å². The number of amides is 1. The first-order chi connectivity index (χ1) is 6.32. The van der Waals surface area contributed by atoms with Gasteiger partial charge in [0.25, 0.3) is 1.43 Å². The van der Waals surface area contributed by atoms with Crippen LogP contribution in [0.4, 0.5) is 4.79 Å². The molecule has 0 spiro atoms. The number of alkyl carbamates (subject to hydrolysis) is 1. The molecule has 0 bridgehead atoms. The van der Waals surface area contributed by atoms with E-state index in [1.807, 2.05) is 0 Å². The van der Waals surface area contributed by atoms with Gasteiger partial charge in [-0.2, -0.15) is 0 Å². The molecule has 2 N–H and O–H groups in total. The Balaban J connectivity index is 4.58. The van der Waals surface area contributed by atoms with Crippen molar-refractivity contribution in [3.05, 3.63) is 0 Å². The Bertz CT molecular complexity index is 224. The maximum absolute atomic E-state index is 11.1. The number of carboxylic acids is 1. The topological polar surface area (TPSA) is 75.6 Å². The molecule has 76 valence electrons. The number of nitrogens with one attached hydrogen (secondary N) is 1. The standard InChI is InChI=1S/C8H15NO4/c1-8(2,3)5(6(10)11)9-7(12)13-4/h5H,1-4H3,(H,9,12)(H,10,11)/i/hD. The summed E-state index contributed by atoms with van der Waals surface area (Å²) in [6.07, 6.45) is -0.727. The molecule has 0 radical (unpaired) electrons. The third-order valence-electron chi connectivity index (χ3n) is 1.55. The second-order valence-corrected chi connectivity index (χ2v) is 3.75. The van der Waals surface area contributed by atoms with Crippen LogP contribution in [0.2, 0.25) is 0 Å². The van der Waals surface area contributed by atoms with Gasteiger partial charge in [0.05, 0.1) is 7.11 Å². The van der Waals surface area contributed by atoms with Gasteiger partial charge >= 0.3 is 12.1 Å². The number of ether oxygens (including phenoxy) is 1. The van der Waals surface area contributed by atoms with Gasteiger partial charge in [-0.25, -0.2) is 9.59 Å². The number of hydrogen-bond acceptors (Lipinski definition) is 4. The lowest BCUT2D eigenvalue weighted by molar-refractivity contribution is -0.142. The monoisotopic (exact) mass is 190 g/mol. The van der Waals surface area contributed by atoms with Crippen molar-refractivity contribution in [2.24, 2.45) is 5.41 Å². The molecule has 0 saturated carbocycles. The van der Waals surface area contributed by atoms with Crippen LogP contribution < -0.4 is 5.32 Å². The molecule has 0 aliphatic rings. The van der Waals surface area contributed by atoms with Gasteiger partial charge in [0, 0.05) is 0 Å². The first-order valence-corrected chi connectivity index (χ1v) is 3.84. The summed E-state index contributed by atoms with van der Waals surface area (Å²) in [5, 5.41) is 6.13. The summed E-state index contributed by atoms with van der Waals surface area (Å²) < 4.78 is 10.8. The van der Waals surface area contributed by atoms with Gasteiger partial charge in [-0.3, -0.25) is 0 Å². The van der Waals surface area contributed by atoms with E-state index in [-0.39, 0.29) is 0 Å². The Morgan fingerprint density at radius 1 is 1.54 bits per heavy atom. The van der Waals surface area contributed by atoms with Gasteiger partial charge in [0.1, 0.15) is 6.04 Å². The Hall–Kier alpha value is -1.26. The Morgan fingerprint density at radius 3 is 2.38 bits per heavy atom. The molecule has 0 rings (SSSR count). The highest BCUT2D eigenvalue weighted by atomic mass is 16.5. The number of carboxylic acid groups (broad SMARTS) is 1. The number of aliphatic carboxylic acids is 1. The molecule has 0 aromatic carbocycles. The Kier molecular flexibility index (Phi) is 3.11. The molecule has 5 heteroatoms. The van der Waals surface area contributed by atoms with Crippen LogP contribution >= 0.6 is 0 Å². The molecule has 13 heavy (non-hydrogen) atoms. The molecule has 0 heterocycles. The first-order valence-electron chi connectivity index (χ1n) is 4.25. The first kappa shape index (κ1) is 9.83. The average molecular weight is 190 g/mol. The maximum Gasteiger partial charge on any atom is 0.407 e. The van der Waals surface area contributed by atoms with Crippen molar-refractivity contribution in [2.45, 2.75) is 26.8 Å². The highest BCUT2D eigenvalue weighted by molar-refractivity contribution is 5.80. The van der Waals surface area contributed by atoms with Gasteiger partial charge in [-0.1, -0.05) is 20.8 Å². The zero-order valence-electron chi connectivity index (χ0n) is 9.21. The molecular formula is C8H15NO4. The largest absolute Gasteiger partial charge is 0.480 e. The van der Waals surface area contributed by atoms with Crippen LogP contribution in [-0.4, -0.2) is 30.3 Å². The fourth-order valence-electron chi connectivity index (χ4n) is 0.806.